The van der Waals surface area contributed by atoms with Crippen LogP contribution in [0.4, 0.5) is 4.39 Å². The summed E-state index contributed by atoms with van der Waals surface area (Å²) in [6.45, 7) is 0.720. The van der Waals surface area contributed by atoms with Crippen LogP contribution >= 0.6 is 0 Å². The van der Waals surface area contributed by atoms with Gasteiger partial charge in [-0.1, -0.05) is 6.08 Å². The third-order valence-electron chi connectivity index (χ3n) is 3.75. The summed E-state index contributed by atoms with van der Waals surface area (Å²) in [7, 11) is 5.46. The van der Waals surface area contributed by atoms with Crippen LogP contribution in [0.1, 0.15) is 18.4 Å². The molecule has 0 unspecified atom stereocenters. The number of ether oxygens (including phenoxy) is 1. The monoisotopic (exact) mass is 306 g/mol. The van der Waals surface area contributed by atoms with Gasteiger partial charge in [0.1, 0.15) is 11.6 Å². The Morgan fingerprint density at radius 3 is 2.77 bits per heavy atom. The first kappa shape index (κ1) is 16.5. The molecule has 120 valence electrons. The van der Waals surface area contributed by atoms with Gasteiger partial charge in [-0.25, -0.2) is 4.39 Å². The maximum absolute atomic E-state index is 13.4. The third kappa shape index (κ3) is 4.56. The second kappa shape index (κ2) is 6.92. The fourth-order valence-corrected chi connectivity index (χ4v) is 2.42. The normalized spacial score (nSPS) is 16.0. The number of rotatable bonds is 7. The molecule has 1 N–H and O–H groups in total. The Bertz CT molecular complexity index is 566. The largest absolute Gasteiger partial charge is 0.496 e. The van der Waals surface area contributed by atoms with Crippen molar-refractivity contribution in [3.63, 3.8) is 0 Å². The zero-order valence-electron chi connectivity index (χ0n) is 13.4. The second-order valence-electron chi connectivity index (χ2n) is 6.07. The summed E-state index contributed by atoms with van der Waals surface area (Å²) >= 11 is 0. The SMILES string of the molecule is COc1ccc(F)cc1CC1(NC(=O)/C=C/CN(C)C)CC1. The van der Waals surface area contributed by atoms with E-state index in [0.29, 0.717) is 12.2 Å². The minimum Gasteiger partial charge on any atom is -0.496 e. The topological polar surface area (TPSA) is 41.6 Å². The summed E-state index contributed by atoms with van der Waals surface area (Å²) in [4.78, 5) is 14.0. The highest BCUT2D eigenvalue weighted by atomic mass is 19.1. The molecule has 1 fully saturated rings. The standard InChI is InChI=1S/C17H23FN2O2/c1-20(2)10-4-5-16(21)19-17(8-9-17)12-13-11-14(18)6-7-15(13)22-3/h4-7,11H,8-10,12H2,1-3H3,(H,19,21)/b5-4+. The quantitative estimate of drug-likeness (QED) is 0.785. The average molecular weight is 306 g/mol. The first-order chi connectivity index (χ1) is 10.4. The van der Waals surface area contributed by atoms with Crippen LogP contribution < -0.4 is 10.1 Å². The van der Waals surface area contributed by atoms with Gasteiger partial charge in [0, 0.05) is 18.2 Å². The van der Waals surface area contributed by atoms with Gasteiger partial charge >= 0.3 is 0 Å². The smallest absolute Gasteiger partial charge is 0.244 e. The van der Waals surface area contributed by atoms with E-state index in [1.807, 2.05) is 25.1 Å². The van der Waals surface area contributed by atoms with Crippen molar-refractivity contribution in [3.05, 3.63) is 41.7 Å². The number of halogens is 1. The Kier molecular flexibility index (Phi) is 5.19. The number of amides is 1. The number of methoxy groups -OCH3 is 1. The first-order valence-corrected chi connectivity index (χ1v) is 7.40. The summed E-state index contributed by atoms with van der Waals surface area (Å²) in [6.07, 6.45) is 5.78. The van der Waals surface area contributed by atoms with E-state index in [1.165, 1.54) is 12.1 Å². The lowest BCUT2D eigenvalue weighted by Crippen LogP contribution is -2.37. The molecule has 0 heterocycles. The van der Waals surface area contributed by atoms with Crippen molar-refractivity contribution < 1.29 is 13.9 Å². The number of carbonyl (C=O) groups excluding carboxylic acids is 1. The van der Waals surface area contributed by atoms with E-state index in [9.17, 15) is 9.18 Å². The maximum atomic E-state index is 13.4. The summed E-state index contributed by atoms with van der Waals surface area (Å²) in [6, 6.07) is 4.48. The van der Waals surface area contributed by atoms with Crippen molar-refractivity contribution in [2.45, 2.75) is 24.8 Å². The van der Waals surface area contributed by atoms with Crippen LogP contribution in [0.5, 0.6) is 5.75 Å². The van der Waals surface area contributed by atoms with E-state index in [-0.39, 0.29) is 17.3 Å². The Hall–Kier alpha value is -1.88. The number of hydrogen-bond acceptors (Lipinski definition) is 3. The molecule has 1 aliphatic rings. The number of benzene rings is 1. The summed E-state index contributed by atoms with van der Waals surface area (Å²) in [5.74, 6) is 0.267. The number of carbonyl (C=O) groups is 1. The molecule has 5 heteroatoms. The lowest BCUT2D eigenvalue weighted by molar-refractivity contribution is -0.117. The maximum Gasteiger partial charge on any atom is 0.244 e. The van der Waals surface area contributed by atoms with E-state index in [2.05, 4.69) is 5.32 Å². The molecule has 22 heavy (non-hydrogen) atoms. The summed E-state index contributed by atoms with van der Waals surface area (Å²) in [5, 5.41) is 3.04. The van der Waals surface area contributed by atoms with Gasteiger partial charge < -0.3 is 15.0 Å². The van der Waals surface area contributed by atoms with Crippen molar-refractivity contribution in [1.29, 1.82) is 0 Å². The van der Waals surface area contributed by atoms with Gasteiger partial charge in [0.2, 0.25) is 5.91 Å². The number of hydrogen-bond donors (Lipinski definition) is 1. The average Bonchev–Trinajstić information content (AvgIpc) is 3.17. The van der Waals surface area contributed by atoms with Gasteiger partial charge in [0.25, 0.3) is 0 Å². The molecule has 1 aromatic carbocycles. The highest BCUT2D eigenvalue weighted by Crippen LogP contribution is 2.40. The first-order valence-electron chi connectivity index (χ1n) is 7.40. The molecular formula is C17H23FN2O2. The van der Waals surface area contributed by atoms with Crippen LogP contribution in [0.3, 0.4) is 0 Å². The molecule has 0 radical (unpaired) electrons. The number of likely N-dealkylation sites (N-methyl/N-ethyl adjacent to an activating group) is 1. The predicted octanol–water partition coefficient (Wildman–Crippen LogP) is 2.14. The molecule has 1 aromatic rings. The fourth-order valence-electron chi connectivity index (χ4n) is 2.42. The van der Waals surface area contributed by atoms with Crippen LogP contribution in [0.15, 0.2) is 30.4 Å². The van der Waals surface area contributed by atoms with Gasteiger partial charge in [-0.15, -0.1) is 0 Å². The van der Waals surface area contributed by atoms with Crippen molar-refractivity contribution in [3.8, 4) is 5.75 Å². The predicted molar refractivity (Wildman–Crippen MR) is 84.5 cm³/mol. The van der Waals surface area contributed by atoms with E-state index in [0.717, 1.165) is 24.9 Å². The molecule has 0 aromatic heterocycles. The zero-order valence-corrected chi connectivity index (χ0v) is 13.4. The summed E-state index contributed by atoms with van der Waals surface area (Å²) in [5.41, 5.74) is 0.526. The van der Waals surface area contributed by atoms with Gasteiger partial charge in [0.05, 0.1) is 7.11 Å². The molecule has 0 atom stereocenters. The van der Waals surface area contributed by atoms with Gasteiger partial charge in [-0.2, -0.15) is 0 Å². The molecule has 0 saturated heterocycles. The second-order valence-corrected chi connectivity index (χ2v) is 6.07. The highest BCUT2D eigenvalue weighted by molar-refractivity contribution is 5.88. The molecule has 0 bridgehead atoms. The van der Waals surface area contributed by atoms with Crippen LogP contribution in [-0.4, -0.2) is 44.1 Å². The number of nitrogens with one attached hydrogen (secondary N) is 1. The van der Waals surface area contributed by atoms with Gasteiger partial charge in [-0.3, -0.25) is 4.79 Å². The van der Waals surface area contributed by atoms with E-state index in [4.69, 9.17) is 4.74 Å². The lowest BCUT2D eigenvalue weighted by atomic mass is 10.0. The lowest BCUT2D eigenvalue weighted by Gasteiger charge is -2.18. The third-order valence-corrected chi connectivity index (χ3v) is 3.75. The highest BCUT2D eigenvalue weighted by Gasteiger charge is 2.44. The van der Waals surface area contributed by atoms with Gasteiger partial charge in [-0.05, 0) is 57.1 Å². The zero-order chi connectivity index (χ0) is 16.2. The number of nitrogens with zero attached hydrogens (tertiary/aromatic N) is 1. The summed E-state index contributed by atoms with van der Waals surface area (Å²) < 4.78 is 18.7. The molecule has 0 spiro atoms. The van der Waals surface area contributed by atoms with Gasteiger partial charge in [0.15, 0.2) is 0 Å². The van der Waals surface area contributed by atoms with E-state index in [1.54, 1.807) is 19.3 Å². The molecule has 1 saturated carbocycles. The molecule has 1 amide bonds. The minimum absolute atomic E-state index is 0.102. The Labute approximate surface area is 131 Å². The minimum atomic E-state index is -0.288. The van der Waals surface area contributed by atoms with E-state index < -0.39 is 0 Å². The molecular weight excluding hydrogens is 283 g/mol. The van der Waals surface area contributed by atoms with Crippen LogP contribution in [-0.2, 0) is 11.2 Å². The van der Waals surface area contributed by atoms with Crippen molar-refractivity contribution >= 4 is 5.91 Å². The Morgan fingerprint density at radius 1 is 1.45 bits per heavy atom. The molecule has 0 aliphatic heterocycles. The van der Waals surface area contributed by atoms with E-state index >= 15 is 0 Å². The van der Waals surface area contributed by atoms with Crippen LogP contribution in [0.2, 0.25) is 0 Å². The Morgan fingerprint density at radius 2 is 2.18 bits per heavy atom. The van der Waals surface area contributed by atoms with Crippen LogP contribution in [0.25, 0.3) is 0 Å². The fraction of sp³-hybridized carbons (Fsp3) is 0.471. The van der Waals surface area contributed by atoms with Crippen molar-refractivity contribution in [1.82, 2.24) is 10.2 Å². The van der Waals surface area contributed by atoms with Crippen molar-refractivity contribution in [2.75, 3.05) is 27.7 Å². The van der Waals surface area contributed by atoms with Crippen LogP contribution in [0, 0.1) is 5.82 Å². The Balaban J connectivity index is 1.99. The molecule has 4 nitrogen and oxygen atoms in total. The molecule has 1 aliphatic carbocycles. The van der Waals surface area contributed by atoms with Crippen molar-refractivity contribution in [2.24, 2.45) is 0 Å². The molecule has 2 rings (SSSR count).